The van der Waals surface area contributed by atoms with Crippen LogP contribution >= 0.6 is 0 Å². The molecule has 0 unspecified atom stereocenters. The number of aromatic carboxylic acids is 1. The van der Waals surface area contributed by atoms with E-state index in [4.69, 9.17) is 0 Å². The standard InChI is InChI=1S/C15H15N3O3/c1-17-9-11(13(16-17)15(20)21)14(19)18-8-4-6-10-5-2-3-7-12(10)18/h2-3,5,7,9H,4,6,8H2,1H3,(H,20,21). The first-order chi connectivity index (χ1) is 10.1. The van der Waals surface area contributed by atoms with E-state index in [1.54, 1.807) is 11.9 Å². The maximum atomic E-state index is 12.7. The van der Waals surface area contributed by atoms with Crippen molar-refractivity contribution in [3.05, 3.63) is 47.3 Å². The quantitative estimate of drug-likeness (QED) is 0.911. The summed E-state index contributed by atoms with van der Waals surface area (Å²) in [4.78, 5) is 25.6. The minimum atomic E-state index is -1.19. The summed E-state index contributed by atoms with van der Waals surface area (Å²) in [5, 5.41) is 13.0. The molecule has 1 aromatic heterocycles. The molecule has 0 bridgehead atoms. The first-order valence-corrected chi connectivity index (χ1v) is 6.74. The Bertz CT molecular complexity index is 721. The lowest BCUT2D eigenvalue weighted by atomic mass is 10.0. The van der Waals surface area contributed by atoms with E-state index in [1.165, 1.54) is 10.9 Å². The lowest BCUT2D eigenvalue weighted by molar-refractivity contribution is 0.0685. The third-order valence-corrected chi connectivity index (χ3v) is 3.62. The molecule has 0 fully saturated rings. The third kappa shape index (κ3) is 2.29. The molecule has 21 heavy (non-hydrogen) atoms. The Morgan fingerprint density at radius 2 is 2.05 bits per heavy atom. The van der Waals surface area contributed by atoms with Gasteiger partial charge in [0.2, 0.25) is 0 Å². The molecule has 0 atom stereocenters. The van der Waals surface area contributed by atoms with Gasteiger partial charge in [0, 0.05) is 25.5 Å². The molecule has 3 rings (SSSR count). The number of benzene rings is 1. The van der Waals surface area contributed by atoms with Crippen LogP contribution in [0.4, 0.5) is 5.69 Å². The van der Waals surface area contributed by atoms with Crippen molar-refractivity contribution in [3.8, 4) is 0 Å². The summed E-state index contributed by atoms with van der Waals surface area (Å²) in [5.41, 5.74) is 1.89. The normalized spacial score (nSPS) is 13.9. The molecule has 2 heterocycles. The molecule has 0 saturated carbocycles. The number of carbonyl (C=O) groups is 2. The van der Waals surface area contributed by atoms with Crippen molar-refractivity contribution in [1.82, 2.24) is 9.78 Å². The van der Waals surface area contributed by atoms with Crippen molar-refractivity contribution in [2.24, 2.45) is 7.05 Å². The Labute approximate surface area is 121 Å². The zero-order chi connectivity index (χ0) is 15.0. The predicted molar refractivity (Wildman–Crippen MR) is 76.6 cm³/mol. The van der Waals surface area contributed by atoms with E-state index in [1.807, 2.05) is 24.3 Å². The highest BCUT2D eigenvalue weighted by atomic mass is 16.4. The summed E-state index contributed by atoms with van der Waals surface area (Å²) in [5.74, 6) is -1.50. The zero-order valence-corrected chi connectivity index (χ0v) is 11.6. The molecule has 0 saturated heterocycles. The van der Waals surface area contributed by atoms with Gasteiger partial charge in [-0.05, 0) is 24.5 Å². The second-order valence-corrected chi connectivity index (χ2v) is 5.06. The van der Waals surface area contributed by atoms with Crippen molar-refractivity contribution < 1.29 is 14.7 Å². The number of para-hydroxylation sites is 1. The van der Waals surface area contributed by atoms with E-state index < -0.39 is 5.97 Å². The van der Waals surface area contributed by atoms with Crippen LogP contribution in [0.3, 0.4) is 0 Å². The minimum Gasteiger partial charge on any atom is -0.476 e. The van der Waals surface area contributed by atoms with E-state index in [2.05, 4.69) is 5.10 Å². The average Bonchev–Trinajstić information content (AvgIpc) is 2.88. The second-order valence-electron chi connectivity index (χ2n) is 5.06. The van der Waals surface area contributed by atoms with E-state index in [0.29, 0.717) is 6.54 Å². The van der Waals surface area contributed by atoms with Crippen LogP contribution in [0.15, 0.2) is 30.5 Å². The van der Waals surface area contributed by atoms with E-state index in [0.717, 1.165) is 24.1 Å². The summed E-state index contributed by atoms with van der Waals surface area (Å²) in [7, 11) is 1.60. The molecule has 1 N–H and O–H groups in total. The Balaban J connectivity index is 2.03. The van der Waals surface area contributed by atoms with Gasteiger partial charge < -0.3 is 10.0 Å². The number of anilines is 1. The Morgan fingerprint density at radius 3 is 2.81 bits per heavy atom. The Kier molecular flexibility index (Phi) is 3.21. The van der Waals surface area contributed by atoms with Crippen molar-refractivity contribution in [2.75, 3.05) is 11.4 Å². The molecule has 1 aliphatic heterocycles. The predicted octanol–water partition coefficient (Wildman–Crippen LogP) is 1.71. The highest BCUT2D eigenvalue weighted by Crippen LogP contribution is 2.28. The molecule has 1 aromatic carbocycles. The molecular formula is C15H15N3O3. The smallest absolute Gasteiger partial charge is 0.357 e. The van der Waals surface area contributed by atoms with Crippen LogP contribution < -0.4 is 4.90 Å². The van der Waals surface area contributed by atoms with Gasteiger partial charge in [0.25, 0.3) is 5.91 Å². The van der Waals surface area contributed by atoms with Crippen LogP contribution in [0.1, 0.15) is 32.8 Å². The fourth-order valence-corrected chi connectivity index (χ4v) is 2.69. The zero-order valence-electron chi connectivity index (χ0n) is 11.6. The highest BCUT2D eigenvalue weighted by Gasteiger charge is 2.28. The summed E-state index contributed by atoms with van der Waals surface area (Å²) < 4.78 is 1.35. The molecule has 0 spiro atoms. The van der Waals surface area contributed by atoms with Crippen molar-refractivity contribution in [1.29, 1.82) is 0 Å². The third-order valence-electron chi connectivity index (χ3n) is 3.62. The lowest BCUT2D eigenvalue weighted by Crippen LogP contribution is -2.36. The number of aryl methyl sites for hydroxylation is 2. The Morgan fingerprint density at radius 1 is 1.29 bits per heavy atom. The van der Waals surface area contributed by atoms with Crippen LogP contribution in [0.5, 0.6) is 0 Å². The van der Waals surface area contributed by atoms with Gasteiger partial charge in [0.15, 0.2) is 5.69 Å². The first kappa shape index (κ1) is 13.4. The van der Waals surface area contributed by atoms with Gasteiger partial charge in [-0.1, -0.05) is 18.2 Å². The largest absolute Gasteiger partial charge is 0.476 e. The molecule has 108 valence electrons. The minimum absolute atomic E-state index is 0.127. The fourth-order valence-electron chi connectivity index (χ4n) is 2.69. The Hall–Kier alpha value is -2.63. The lowest BCUT2D eigenvalue weighted by Gasteiger charge is -2.29. The first-order valence-electron chi connectivity index (χ1n) is 6.74. The summed E-state index contributed by atoms with van der Waals surface area (Å²) in [6.45, 7) is 0.587. The van der Waals surface area contributed by atoms with Crippen LogP contribution in [0.25, 0.3) is 0 Å². The number of hydrogen-bond donors (Lipinski definition) is 1. The maximum Gasteiger partial charge on any atom is 0.357 e. The monoisotopic (exact) mass is 285 g/mol. The van der Waals surface area contributed by atoms with Gasteiger partial charge in [-0.2, -0.15) is 5.10 Å². The van der Waals surface area contributed by atoms with Crippen molar-refractivity contribution in [3.63, 3.8) is 0 Å². The SMILES string of the molecule is Cn1cc(C(=O)N2CCCc3ccccc32)c(C(=O)O)n1. The molecule has 1 aliphatic rings. The number of hydrogen-bond acceptors (Lipinski definition) is 3. The molecule has 6 nitrogen and oxygen atoms in total. The second kappa shape index (κ2) is 5.05. The molecule has 0 radical (unpaired) electrons. The van der Waals surface area contributed by atoms with Gasteiger partial charge >= 0.3 is 5.97 Å². The van der Waals surface area contributed by atoms with Gasteiger partial charge in [0.1, 0.15) is 0 Å². The van der Waals surface area contributed by atoms with Gasteiger partial charge in [-0.3, -0.25) is 9.48 Å². The van der Waals surface area contributed by atoms with Gasteiger partial charge in [0.05, 0.1) is 5.56 Å². The van der Waals surface area contributed by atoms with Gasteiger partial charge in [-0.15, -0.1) is 0 Å². The van der Waals surface area contributed by atoms with E-state index >= 15 is 0 Å². The molecular weight excluding hydrogens is 270 g/mol. The van der Waals surface area contributed by atoms with Crippen LogP contribution in [-0.4, -0.2) is 33.3 Å². The van der Waals surface area contributed by atoms with Gasteiger partial charge in [-0.25, -0.2) is 4.79 Å². The maximum absolute atomic E-state index is 12.7. The number of amides is 1. The number of rotatable bonds is 2. The topological polar surface area (TPSA) is 75.4 Å². The van der Waals surface area contributed by atoms with Crippen LogP contribution in [0.2, 0.25) is 0 Å². The average molecular weight is 285 g/mol. The summed E-state index contributed by atoms with van der Waals surface area (Å²) >= 11 is 0. The molecule has 1 amide bonds. The fraction of sp³-hybridized carbons (Fsp3) is 0.267. The number of aromatic nitrogens is 2. The molecule has 2 aromatic rings. The van der Waals surface area contributed by atoms with E-state index in [-0.39, 0.29) is 17.2 Å². The number of nitrogens with zero attached hydrogens (tertiary/aromatic N) is 3. The van der Waals surface area contributed by atoms with Crippen molar-refractivity contribution in [2.45, 2.75) is 12.8 Å². The number of carboxylic acid groups (broad SMARTS) is 1. The van der Waals surface area contributed by atoms with Crippen molar-refractivity contribution >= 4 is 17.6 Å². The highest BCUT2D eigenvalue weighted by molar-refractivity contribution is 6.11. The summed E-state index contributed by atoms with van der Waals surface area (Å²) in [6.07, 6.45) is 3.26. The molecule has 0 aliphatic carbocycles. The van der Waals surface area contributed by atoms with E-state index in [9.17, 15) is 14.7 Å². The number of carbonyl (C=O) groups excluding carboxylic acids is 1. The summed E-state index contributed by atoms with van der Waals surface area (Å²) in [6, 6.07) is 7.71. The number of fused-ring (bicyclic) bond motifs is 1. The van der Waals surface area contributed by atoms with Crippen LogP contribution in [0, 0.1) is 0 Å². The molecule has 6 heteroatoms. The van der Waals surface area contributed by atoms with Crippen LogP contribution in [-0.2, 0) is 13.5 Å². The number of carboxylic acids is 1.